The molecule has 0 heterocycles. The van der Waals surface area contributed by atoms with Crippen molar-refractivity contribution < 1.29 is 9.84 Å². The van der Waals surface area contributed by atoms with Crippen molar-refractivity contribution in [2.24, 2.45) is 5.92 Å². The number of hydrogen-bond acceptors (Lipinski definition) is 3. The van der Waals surface area contributed by atoms with Crippen molar-refractivity contribution in [2.75, 3.05) is 13.7 Å². The quantitative estimate of drug-likeness (QED) is 0.874. The van der Waals surface area contributed by atoms with Crippen LogP contribution in [0.25, 0.3) is 0 Å². The first kappa shape index (κ1) is 11.7. The lowest BCUT2D eigenvalue weighted by atomic mass is 10.2. The van der Waals surface area contributed by atoms with E-state index in [1.165, 1.54) is 12.8 Å². The highest BCUT2D eigenvalue weighted by atomic mass is 79.9. The van der Waals surface area contributed by atoms with E-state index in [1.807, 2.05) is 6.07 Å². The van der Waals surface area contributed by atoms with Crippen LogP contribution in [0.4, 0.5) is 0 Å². The van der Waals surface area contributed by atoms with Crippen LogP contribution >= 0.6 is 15.9 Å². The Morgan fingerprint density at radius 3 is 2.88 bits per heavy atom. The number of phenolic OH excluding ortho intramolecular Hbond substituents is 1. The average molecular weight is 286 g/mol. The lowest BCUT2D eigenvalue weighted by Gasteiger charge is -2.10. The van der Waals surface area contributed by atoms with Crippen LogP contribution in [0, 0.1) is 5.92 Å². The molecule has 0 spiro atoms. The van der Waals surface area contributed by atoms with Crippen LogP contribution in [0.5, 0.6) is 11.5 Å². The van der Waals surface area contributed by atoms with Gasteiger partial charge in [0.15, 0.2) is 11.5 Å². The summed E-state index contributed by atoms with van der Waals surface area (Å²) in [4.78, 5) is 0. The molecular weight excluding hydrogens is 270 g/mol. The first-order valence-corrected chi connectivity index (χ1v) is 6.26. The van der Waals surface area contributed by atoms with E-state index in [-0.39, 0.29) is 5.75 Å². The van der Waals surface area contributed by atoms with Crippen LogP contribution in [-0.4, -0.2) is 18.8 Å². The zero-order valence-corrected chi connectivity index (χ0v) is 10.9. The minimum absolute atomic E-state index is 0.167. The monoisotopic (exact) mass is 285 g/mol. The molecule has 4 heteroatoms. The topological polar surface area (TPSA) is 41.5 Å². The van der Waals surface area contributed by atoms with Crippen LogP contribution in [0.3, 0.4) is 0 Å². The van der Waals surface area contributed by atoms with Gasteiger partial charge in [-0.05, 0) is 43.0 Å². The smallest absolute Gasteiger partial charge is 0.160 e. The van der Waals surface area contributed by atoms with Gasteiger partial charge in [0.25, 0.3) is 0 Å². The summed E-state index contributed by atoms with van der Waals surface area (Å²) in [6.07, 6.45) is 2.71. The summed E-state index contributed by atoms with van der Waals surface area (Å²) in [7, 11) is 1.56. The fourth-order valence-electron chi connectivity index (χ4n) is 1.62. The predicted molar refractivity (Wildman–Crippen MR) is 66.8 cm³/mol. The van der Waals surface area contributed by atoms with Crippen molar-refractivity contribution >= 4 is 15.9 Å². The third-order valence-electron chi connectivity index (χ3n) is 2.79. The third kappa shape index (κ3) is 2.89. The molecule has 0 aliphatic heterocycles. The minimum Gasteiger partial charge on any atom is -0.504 e. The summed E-state index contributed by atoms with van der Waals surface area (Å²) in [6, 6.07) is 3.53. The molecule has 0 bridgehead atoms. The Morgan fingerprint density at radius 2 is 2.25 bits per heavy atom. The second-order valence-electron chi connectivity index (χ2n) is 4.19. The van der Waals surface area contributed by atoms with Crippen LogP contribution in [0.2, 0.25) is 0 Å². The first-order chi connectivity index (χ1) is 7.70. The van der Waals surface area contributed by atoms with Crippen LogP contribution in [-0.2, 0) is 6.54 Å². The van der Waals surface area contributed by atoms with E-state index < -0.39 is 0 Å². The number of rotatable bonds is 5. The normalized spacial score (nSPS) is 15.1. The lowest BCUT2D eigenvalue weighted by molar-refractivity contribution is 0.372. The van der Waals surface area contributed by atoms with Crippen molar-refractivity contribution in [3.05, 3.63) is 22.2 Å². The molecule has 1 fully saturated rings. The van der Waals surface area contributed by atoms with Gasteiger partial charge in [-0.3, -0.25) is 0 Å². The van der Waals surface area contributed by atoms with Crippen molar-refractivity contribution in [1.82, 2.24) is 5.32 Å². The van der Waals surface area contributed by atoms with Gasteiger partial charge >= 0.3 is 0 Å². The highest BCUT2D eigenvalue weighted by Crippen LogP contribution is 2.32. The van der Waals surface area contributed by atoms with Crippen molar-refractivity contribution in [1.29, 1.82) is 0 Å². The third-order valence-corrected chi connectivity index (χ3v) is 3.53. The number of phenols is 1. The van der Waals surface area contributed by atoms with E-state index in [0.29, 0.717) is 5.75 Å². The number of halogens is 1. The zero-order valence-electron chi connectivity index (χ0n) is 9.29. The van der Waals surface area contributed by atoms with Crippen molar-refractivity contribution in [2.45, 2.75) is 19.4 Å². The van der Waals surface area contributed by atoms with E-state index in [9.17, 15) is 5.11 Å². The summed E-state index contributed by atoms with van der Waals surface area (Å²) >= 11 is 3.44. The highest BCUT2D eigenvalue weighted by Gasteiger charge is 2.20. The van der Waals surface area contributed by atoms with Crippen molar-refractivity contribution in [3.8, 4) is 11.5 Å². The molecule has 0 aromatic heterocycles. The molecule has 0 unspecified atom stereocenters. The maximum Gasteiger partial charge on any atom is 0.160 e. The summed E-state index contributed by atoms with van der Waals surface area (Å²) in [5.74, 6) is 1.56. The van der Waals surface area contributed by atoms with Gasteiger partial charge in [-0.2, -0.15) is 0 Å². The highest BCUT2D eigenvalue weighted by molar-refractivity contribution is 9.10. The fourth-order valence-corrected chi connectivity index (χ4v) is 2.09. The van der Waals surface area contributed by atoms with Gasteiger partial charge in [-0.1, -0.05) is 15.9 Å². The maximum atomic E-state index is 9.56. The number of methoxy groups -OCH3 is 1. The van der Waals surface area contributed by atoms with Gasteiger partial charge < -0.3 is 15.2 Å². The number of nitrogens with one attached hydrogen (secondary N) is 1. The molecule has 1 saturated carbocycles. The molecule has 0 amide bonds. The number of benzene rings is 1. The molecule has 0 atom stereocenters. The molecule has 2 N–H and O–H groups in total. The molecule has 1 aliphatic rings. The molecular formula is C12H16BrNO2. The Morgan fingerprint density at radius 1 is 1.50 bits per heavy atom. The molecule has 16 heavy (non-hydrogen) atoms. The van der Waals surface area contributed by atoms with E-state index in [1.54, 1.807) is 13.2 Å². The molecule has 1 aromatic rings. The maximum absolute atomic E-state index is 9.56. The second kappa shape index (κ2) is 5.06. The molecule has 3 nitrogen and oxygen atoms in total. The van der Waals surface area contributed by atoms with Crippen LogP contribution in [0.1, 0.15) is 18.4 Å². The Bertz CT molecular complexity index is 378. The van der Waals surface area contributed by atoms with E-state index >= 15 is 0 Å². The summed E-state index contributed by atoms with van der Waals surface area (Å²) in [6.45, 7) is 1.88. The van der Waals surface area contributed by atoms with Crippen molar-refractivity contribution in [3.63, 3.8) is 0 Å². The number of ether oxygens (including phenoxy) is 1. The molecule has 2 rings (SSSR count). The Kier molecular flexibility index (Phi) is 3.71. The Balaban J connectivity index is 2.00. The van der Waals surface area contributed by atoms with E-state index in [0.717, 1.165) is 29.0 Å². The fraction of sp³-hybridized carbons (Fsp3) is 0.500. The lowest BCUT2D eigenvalue weighted by Crippen LogP contribution is -2.16. The van der Waals surface area contributed by atoms with Crippen LogP contribution in [0.15, 0.2) is 16.6 Å². The predicted octanol–water partition coefficient (Wildman–Crippen LogP) is 2.66. The molecule has 88 valence electrons. The minimum atomic E-state index is 0.167. The summed E-state index contributed by atoms with van der Waals surface area (Å²) in [5, 5.41) is 13.0. The van der Waals surface area contributed by atoms with Gasteiger partial charge in [-0.15, -0.1) is 0 Å². The van der Waals surface area contributed by atoms with Gasteiger partial charge in [-0.25, -0.2) is 0 Å². The second-order valence-corrected chi connectivity index (χ2v) is 5.04. The molecule has 0 radical (unpaired) electrons. The molecule has 1 aliphatic carbocycles. The molecule has 1 aromatic carbocycles. The summed E-state index contributed by atoms with van der Waals surface area (Å²) in [5.41, 5.74) is 1.11. The number of hydrogen-bond donors (Lipinski definition) is 2. The van der Waals surface area contributed by atoms with Gasteiger partial charge in [0, 0.05) is 11.0 Å². The SMILES string of the molecule is COc1cc(CNCC2CC2)c(Br)cc1O. The van der Waals surface area contributed by atoms with Crippen LogP contribution < -0.4 is 10.1 Å². The zero-order chi connectivity index (χ0) is 11.5. The van der Waals surface area contributed by atoms with E-state index in [2.05, 4.69) is 21.2 Å². The standard InChI is InChI=1S/C12H16BrNO2/c1-16-12-4-9(10(13)5-11(12)15)7-14-6-8-2-3-8/h4-5,8,14-15H,2-3,6-7H2,1H3. The first-order valence-electron chi connectivity index (χ1n) is 5.47. The summed E-state index contributed by atoms with van der Waals surface area (Å²) < 4.78 is 5.99. The van der Waals surface area contributed by atoms with Gasteiger partial charge in [0.2, 0.25) is 0 Å². The Labute approximate surface area is 104 Å². The average Bonchev–Trinajstić information content (AvgIpc) is 3.05. The largest absolute Gasteiger partial charge is 0.504 e. The molecule has 0 saturated heterocycles. The van der Waals surface area contributed by atoms with Gasteiger partial charge in [0.05, 0.1) is 7.11 Å². The number of aromatic hydroxyl groups is 1. The van der Waals surface area contributed by atoms with Gasteiger partial charge in [0.1, 0.15) is 0 Å². The Hall–Kier alpha value is -0.740. The van der Waals surface area contributed by atoms with E-state index in [4.69, 9.17) is 4.74 Å².